The quantitative estimate of drug-likeness (QED) is 0.925. The third-order valence-electron chi connectivity index (χ3n) is 3.16. The molecule has 0 saturated carbocycles. The Morgan fingerprint density at radius 1 is 1.50 bits per heavy atom. The van der Waals surface area contributed by atoms with Crippen molar-refractivity contribution in [2.75, 3.05) is 33.9 Å². The Balaban J connectivity index is 2.31. The average Bonchev–Trinajstić information content (AvgIpc) is 2.35. The number of likely N-dealkylation sites (N-methyl/N-ethyl adjacent to an activating group) is 1. The summed E-state index contributed by atoms with van der Waals surface area (Å²) in [6.07, 6.45) is 0. The van der Waals surface area contributed by atoms with Crippen LogP contribution in [0, 0.1) is 5.82 Å². The molecule has 2 rings (SSSR count). The molecule has 3 nitrogen and oxygen atoms in total. The first kappa shape index (κ1) is 13.9. The van der Waals surface area contributed by atoms with E-state index in [0.29, 0.717) is 12.2 Å². The molecule has 1 aliphatic heterocycles. The molecule has 2 unspecified atom stereocenters. The van der Waals surface area contributed by atoms with Crippen LogP contribution < -0.4 is 5.32 Å². The molecule has 2 atom stereocenters. The first-order valence-electron chi connectivity index (χ1n) is 6.02. The molecule has 0 bridgehead atoms. The number of ether oxygens (including phenoxy) is 1. The number of nitrogens with one attached hydrogen (secondary N) is 1. The highest BCUT2D eigenvalue weighted by Crippen LogP contribution is 2.28. The maximum Gasteiger partial charge on any atom is 0.128 e. The van der Waals surface area contributed by atoms with Gasteiger partial charge < -0.3 is 15.0 Å². The van der Waals surface area contributed by atoms with Gasteiger partial charge in [0.1, 0.15) is 5.82 Å². The van der Waals surface area contributed by atoms with Crippen LogP contribution in [0.5, 0.6) is 0 Å². The molecular formula is C13H18BrFN2O. The third kappa shape index (κ3) is 3.09. The molecule has 0 aliphatic carbocycles. The summed E-state index contributed by atoms with van der Waals surface area (Å²) in [6, 6.07) is 5.13. The van der Waals surface area contributed by atoms with Crippen molar-refractivity contribution in [1.29, 1.82) is 0 Å². The lowest BCUT2D eigenvalue weighted by atomic mass is 9.97. The van der Waals surface area contributed by atoms with E-state index >= 15 is 0 Å². The minimum atomic E-state index is -0.177. The summed E-state index contributed by atoms with van der Waals surface area (Å²) in [7, 11) is 3.92. The lowest BCUT2D eigenvalue weighted by molar-refractivity contribution is 0.0451. The first-order chi connectivity index (χ1) is 8.59. The normalized spacial score (nSPS) is 22.2. The molecule has 100 valence electrons. The van der Waals surface area contributed by atoms with Crippen molar-refractivity contribution in [2.24, 2.45) is 0 Å². The predicted molar refractivity (Wildman–Crippen MR) is 73.1 cm³/mol. The molecule has 1 fully saturated rings. The third-order valence-corrected chi connectivity index (χ3v) is 3.66. The molecule has 1 aromatic rings. The average molecular weight is 317 g/mol. The second-order valence-corrected chi connectivity index (χ2v) is 5.63. The van der Waals surface area contributed by atoms with Gasteiger partial charge in [-0.05, 0) is 32.3 Å². The maximum absolute atomic E-state index is 14.0. The highest BCUT2D eigenvalue weighted by Gasteiger charge is 2.29. The fraction of sp³-hybridized carbons (Fsp3) is 0.538. The summed E-state index contributed by atoms with van der Waals surface area (Å²) in [5, 5.41) is 3.40. The largest absolute Gasteiger partial charge is 0.378 e. The fourth-order valence-electron chi connectivity index (χ4n) is 2.38. The van der Waals surface area contributed by atoms with Crippen molar-refractivity contribution >= 4 is 15.9 Å². The van der Waals surface area contributed by atoms with Crippen LogP contribution in [-0.4, -0.2) is 44.8 Å². The van der Waals surface area contributed by atoms with E-state index in [-0.39, 0.29) is 17.9 Å². The fourth-order valence-corrected chi connectivity index (χ4v) is 2.76. The molecule has 1 heterocycles. The Hall–Kier alpha value is -0.490. The van der Waals surface area contributed by atoms with Crippen molar-refractivity contribution in [2.45, 2.75) is 12.1 Å². The van der Waals surface area contributed by atoms with Gasteiger partial charge in [0.2, 0.25) is 0 Å². The SMILES string of the molecule is CN(C)C(c1cc(Br)ccc1F)C1COCCN1. The van der Waals surface area contributed by atoms with Crippen LogP contribution in [0.2, 0.25) is 0 Å². The summed E-state index contributed by atoms with van der Waals surface area (Å²) in [5.74, 6) is -0.177. The summed E-state index contributed by atoms with van der Waals surface area (Å²) in [6.45, 7) is 2.14. The maximum atomic E-state index is 14.0. The summed E-state index contributed by atoms with van der Waals surface area (Å²) >= 11 is 3.40. The number of nitrogens with zero attached hydrogens (tertiary/aromatic N) is 1. The van der Waals surface area contributed by atoms with Crippen LogP contribution in [0.1, 0.15) is 11.6 Å². The van der Waals surface area contributed by atoms with Gasteiger partial charge in [-0.25, -0.2) is 4.39 Å². The topological polar surface area (TPSA) is 24.5 Å². The zero-order valence-electron chi connectivity index (χ0n) is 10.6. The Labute approximate surface area is 115 Å². The minimum Gasteiger partial charge on any atom is -0.378 e. The second kappa shape index (κ2) is 6.10. The predicted octanol–water partition coefficient (Wildman–Crippen LogP) is 2.18. The summed E-state index contributed by atoms with van der Waals surface area (Å²) < 4.78 is 20.4. The van der Waals surface area contributed by atoms with Gasteiger partial charge in [0, 0.05) is 16.6 Å². The van der Waals surface area contributed by atoms with Gasteiger partial charge in [-0.2, -0.15) is 0 Å². The van der Waals surface area contributed by atoms with Crippen LogP contribution in [0.3, 0.4) is 0 Å². The molecular weight excluding hydrogens is 299 g/mol. The zero-order chi connectivity index (χ0) is 13.1. The molecule has 1 aromatic carbocycles. The van der Waals surface area contributed by atoms with E-state index in [2.05, 4.69) is 21.2 Å². The van der Waals surface area contributed by atoms with Crippen molar-refractivity contribution in [1.82, 2.24) is 10.2 Å². The van der Waals surface area contributed by atoms with Gasteiger partial charge >= 0.3 is 0 Å². The van der Waals surface area contributed by atoms with Crippen LogP contribution in [0.4, 0.5) is 4.39 Å². The van der Waals surface area contributed by atoms with Crippen molar-refractivity contribution in [3.63, 3.8) is 0 Å². The number of morpholine rings is 1. The van der Waals surface area contributed by atoms with Crippen LogP contribution >= 0.6 is 15.9 Å². The highest BCUT2D eigenvalue weighted by atomic mass is 79.9. The molecule has 0 radical (unpaired) electrons. The molecule has 0 aromatic heterocycles. The highest BCUT2D eigenvalue weighted by molar-refractivity contribution is 9.10. The van der Waals surface area contributed by atoms with Crippen molar-refractivity contribution in [3.8, 4) is 0 Å². The van der Waals surface area contributed by atoms with E-state index in [1.54, 1.807) is 6.07 Å². The van der Waals surface area contributed by atoms with Gasteiger partial charge in [0.25, 0.3) is 0 Å². The number of benzene rings is 1. The molecule has 1 N–H and O–H groups in total. The van der Waals surface area contributed by atoms with E-state index in [1.165, 1.54) is 6.07 Å². The van der Waals surface area contributed by atoms with E-state index in [0.717, 1.165) is 17.6 Å². The first-order valence-corrected chi connectivity index (χ1v) is 6.81. The van der Waals surface area contributed by atoms with Crippen molar-refractivity contribution in [3.05, 3.63) is 34.1 Å². The molecule has 0 amide bonds. The standard InChI is InChI=1S/C13H18BrFN2O/c1-17(2)13(12-8-18-6-5-16-12)10-7-9(14)3-4-11(10)15/h3-4,7,12-13,16H,5-6,8H2,1-2H3. The Bertz CT molecular complexity index is 408. The number of halogens is 2. The van der Waals surface area contributed by atoms with Crippen LogP contribution in [0.15, 0.2) is 22.7 Å². The van der Waals surface area contributed by atoms with E-state index in [1.807, 2.05) is 25.1 Å². The van der Waals surface area contributed by atoms with Gasteiger partial charge in [-0.1, -0.05) is 15.9 Å². The lowest BCUT2D eigenvalue weighted by Crippen LogP contribution is -2.49. The number of hydrogen-bond donors (Lipinski definition) is 1. The number of rotatable bonds is 3. The number of hydrogen-bond acceptors (Lipinski definition) is 3. The lowest BCUT2D eigenvalue weighted by Gasteiger charge is -2.36. The molecule has 1 saturated heterocycles. The molecule has 5 heteroatoms. The van der Waals surface area contributed by atoms with E-state index < -0.39 is 0 Å². The molecule has 18 heavy (non-hydrogen) atoms. The monoisotopic (exact) mass is 316 g/mol. The van der Waals surface area contributed by atoms with Gasteiger partial charge in [0.05, 0.1) is 25.3 Å². The second-order valence-electron chi connectivity index (χ2n) is 4.71. The summed E-state index contributed by atoms with van der Waals surface area (Å²) in [4.78, 5) is 2.02. The smallest absolute Gasteiger partial charge is 0.128 e. The molecule has 1 aliphatic rings. The van der Waals surface area contributed by atoms with Crippen LogP contribution in [-0.2, 0) is 4.74 Å². The summed E-state index contributed by atoms with van der Waals surface area (Å²) in [5.41, 5.74) is 0.692. The van der Waals surface area contributed by atoms with Gasteiger partial charge in [-0.15, -0.1) is 0 Å². The van der Waals surface area contributed by atoms with E-state index in [9.17, 15) is 4.39 Å². The Morgan fingerprint density at radius 3 is 2.89 bits per heavy atom. The van der Waals surface area contributed by atoms with Crippen LogP contribution in [0.25, 0.3) is 0 Å². The zero-order valence-corrected chi connectivity index (χ0v) is 12.2. The van der Waals surface area contributed by atoms with Crippen molar-refractivity contribution < 1.29 is 9.13 Å². The molecule has 0 spiro atoms. The van der Waals surface area contributed by atoms with Gasteiger partial charge in [-0.3, -0.25) is 0 Å². The van der Waals surface area contributed by atoms with E-state index in [4.69, 9.17) is 4.74 Å². The Kier molecular flexibility index (Phi) is 4.72. The Morgan fingerprint density at radius 2 is 2.28 bits per heavy atom. The minimum absolute atomic E-state index is 0.0391. The van der Waals surface area contributed by atoms with Gasteiger partial charge in [0.15, 0.2) is 0 Å².